The molecule has 0 spiro atoms. The van der Waals surface area contributed by atoms with Gasteiger partial charge in [-0.1, -0.05) is 12.1 Å². The van der Waals surface area contributed by atoms with Crippen LogP contribution in [0.15, 0.2) is 4.52 Å². The molecule has 0 fully saturated rings. The molecule has 1 N–H and O–H groups in total. The number of anilines is 1. The third-order valence-corrected chi connectivity index (χ3v) is 1.62. The number of amides is 1. The molecule has 1 heterocycles. The SMILES string of the molecule is CCC(=O)Nc1c(C)noc1C. The quantitative estimate of drug-likeness (QED) is 0.730. The minimum Gasteiger partial charge on any atom is -0.359 e. The first-order valence-electron chi connectivity index (χ1n) is 3.88. The molecule has 0 aliphatic rings. The zero-order valence-electron chi connectivity index (χ0n) is 7.47. The monoisotopic (exact) mass is 168 g/mol. The molecule has 0 aromatic carbocycles. The van der Waals surface area contributed by atoms with E-state index >= 15 is 0 Å². The number of hydrogen-bond donors (Lipinski definition) is 1. The van der Waals surface area contributed by atoms with Crippen molar-refractivity contribution in [2.24, 2.45) is 0 Å². The van der Waals surface area contributed by atoms with Crippen LogP contribution < -0.4 is 5.32 Å². The van der Waals surface area contributed by atoms with Crippen LogP contribution in [0.3, 0.4) is 0 Å². The summed E-state index contributed by atoms with van der Waals surface area (Å²) in [6, 6.07) is 0. The summed E-state index contributed by atoms with van der Waals surface area (Å²) in [5.74, 6) is 0.624. The third kappa shape index (κ3) is 1.64. The lowest BCUT2D eigenvalue weighted by Gasteiger charge is -2.00. The lowest BCUT2D eigenvalue weighted by Crippen LogP contribution is -2.10. The molecule has 66 valence electrons. The molecular weight excluding hydrogens is 156 g/mol. The fraction of sp³-hybridized carbons (Fsp3) is 0.500. The van der Waals surface area contributed by atoms with Gasteiger partial charge in [0.2, 0.25) is 5.91 Å². The van der Waals surface area contributed by atoms with Crippen LogP contribution in [0.25, 0.3) is 0 Å². The van der Waals surface area contributed by atoms with Gasteiger partial charge in [-0.25, -0.2) is 0 Å². The summed E-state index contributed by atoms with van der Waals surface area (Å²) in [6.07, 6.45) is 0.462. The van der Waals surface area contributed by atoms with E-state index in [1.54, 1.807) is 20.8 Å². The van der Waals surface area contributed by atoms with Gasteiger partial charge in [-0.3, -0.25) is 4.79 Å². The zero-order valence-corrected chi connectivity index (χ0v) is 7.47. The first-order chi connectivity index (χ1) is 5.65. The van der Waals surface area contributed by atoms with Crippen LogP contribution in [0.4, 0.5) is 5.69 Å². The molecule has 0 aliphatic heterocycles. The second-order valence-electron chi connectivity index (χ2n) is 2.60. The second-order valence-corrected chi connectivity index (χ2v) is 2.60. The maximum atomic E-state index is 11.0. The maximum Gasteiger partial charge on any atom is 0.224 e. The van der Waals surface area contributed by atoms with Crippen molar-refractivity contribution in [2.45, 2.75) is 27.2 Å². The molecule has 0 saturated heterocycles. The van der Waals surface area contributed by atoms with Crippen LogP contribution in [0.5, 0.6) is 0 Å². The number of aryl methyl sites for hydroxylation is 2. The Balaban J connectivity index is 2.80. The van der Waals surface area contributed by atoms with Crippen molar-refractivity contribution in [3.63, 3.8) is 0 Å². The normalized spacial score (nSPS) is 9.92. The average Bonchev–Trinajstić information content (AvgIpc) is 2.35. The number of nitrogens with one attached hydrogen (secondary N) is 1. The van der Waals surface area contributed by atoms with Crippen LogP contribution in [0.2, 0.25) is 0 Å². The van der Waals surface area contributed by atoms with Gasteiger partial charge in [-0.2, -0.15) is 0 Å². The number of carbonyl (C=O) groups excluding carboxylic acids is 1. The smallest absolute Gasteiger partial charge is 0.224 e. The van der Waals surface area contributed by atoms with E-state index in [9.17, 15) is 4.79 Å². The molecule has 1 aromatic rings. The van der Waals surface area contributed by atoms with Gasteiger partial charge in [0.05, 0.1) is 0 Å². The second kappa shape index (κ2) is 3.38. The minimum absolute atomic E-state index is 0.0237. The zero-order chi connectivity index (χ0) is 9.14. The van der Waals surface area contributed by atoms with Crippen molar-refractivity contribution in [1.82, 2.24) is 5.16 Å². The van der Waals surface area contributed by atoms with E-state index in [2.05, 4.69) is 10.5 Å². The lowest BCUT2D eigenvalue weighted by molar-refractivity contribution is -0.115. The first-order valence-corrected chi connectivity index (χ1v) is 3.88. The standard InChI is InChI=1S/C8H12N2O2/c1-4-7(11)9-8-5(2)10-12-6(8)3/h4H2,1-3H3,(H,9,11). The van der Waals surface area contributed by atoms with Gasteiger partial charge >= 0.3 is 0 Å². The van der Waals surface area contributed by atoms with Crippen LogP contribution in [-0.4, -0.2) is 11.1 Å². The number of carbonyl (C=O) groups is 1. The molecule has 0 aliphatic carbocycles. The van der Waals surface area contributed by atoms with Crippen LogP contribution >= 0.6 is 0 Å². The molecule has 1 rings (SSSR count). The topological polar surface area (TPSA) is 55.1 Å². The van der Waals surface area contributed by atoms with Crippen molar-refractivity contribution < 1.29 is 9.32 Å². The highest BCUT2D eigenvalue weighted by molar-refractivity contribution is 5.91. The van der Waals surface area contributed by atoms with Gasteiger partial charge in [-0.15, -0.1) is 0 Å². The number of aromatic nitrogens is 1. The summed E-state index contributed by atoms with van der Waals surface area (Å²) in [4.78, 5) is 11.0. The largest absolute Gasteiger partial charge is 0.359 e. The average molecular weight is 168 g/mol. The predicted molar refractivity (Wildman–Crippen MR) is 44.9 cm³/mol. The van der Waals surface area contributed by atoms with Crippen molar-refractivity contribution >= 4 is 11.6 Å². The van der Waals surface area contributed by atoms with E-state index in [0.29, 0.717) is 23.6 Å². The van der Waals surface area contributed by atoms with Crippen molar-refractivity contribution in [3.8, 4) is 0 Å². The molecule has 0 bridgehead atoms. The van der Waals surface area contributed by atoms with Crippen molar-refractivity contribution in [2.75, 3.05) is 5.32 Å². The Bertz CT molecular complexity index is 272. The summed E-state index contributed by atoms with van der Waals surface area (Å²) in [6.45, 7) is 5.36. The summed E-state index contributed by atoms with van der Waals surface area (Å²) < 4.78 is 4.88. The van der Waals surface area contributed by atoms with Gasteiger partial charge in [0, 0.05) is 6.42 Å². The Kier molecular flexibility index (Phi) is 2.47. The molecule has 1 amide bonds. The Morgan fingerprint density at radius 2 is 2.25 bits per heavy atom. The lowest BCUT2D eigenvalue weighted by atomic mass is 10.3. The highest BCUT2D eigenvalue weighted by Gasteiger charge is 2.10. The summed E-state index contributed by atoms with van der Waals surface area (Å²) in [7, 11) is 0. The van der Waals surface area contributed by atoms with E-state index in [4.69, 9.17) is 4.52 Å². The molecule has 0 radical (unpaired) electrons. The van der Waals surface area contributed by atoms with Gasteiger partial charge in [0.25, 0.3) is 0 Å². The highest BCUT2D eigenvalue weighted by atomic mass is 16.5. The number of nitrogens with zero attached hydrogens (tertiary/aromatic N) is 1. The Morgan fingerprint density at radius 3 is 2.67 bits per heavy atom. The van der Waals surface area contributed by atoms with E-state index in [1.807, 2.05) is 0 Å². The Labute approximate surface area is 70.9 Å². The highest BCUT2D eigenvalue weighted by Crippen LogP contribution is 2.18. The van der Waals surface area contributed by atoms with E-state index in [0.717, 1.165) is 0 Å². The molecule has 0 saturated carbocycles. The predicted octanol–water partition coefficient (Wildman–Crippen LogP) is 1.64. The van der Waals surface area contributed by atoms with Crippen LogP contribution in [-0.2, 0) is 4.79 Å². The fourth-order valence-corrected chi connectivity index (χ4v) is 0.889. The van der Waals surface area contributed by atoms with Gasteiger partial charge in [0.1, 0.15) is 11.4 Å². The molecule has 1 aromatic heterocycles. The minimum atomic E-state index is -0.0237. The van der Waals surface area contributed by atoms with Gasteiger partial charge in [-0.05, 0) is 13.8 Å². The summed E-state index contributed by atoms with van der Waals surface area (Å²) in [5, 5.41) is 6.43. The molecule has 12 heavy (non-hydrogen) atoms. The first kappa shape index (κ1) is 8.77. The van der Waals surface area contributed by atoms with Gasteiger partial charge in [0.15, 0.2) is 5.76 Å². The number of rotatable bonds is 2. The fourth-order valence-electron chi connectivity index (χ4n) is 0.889. The molecule has 4 nitrogen and oxygen atoms in total. The van der Waals surface area contributed by atoms with Crippen molar-refractivity contribution in [3.05, 3.63) is 11.5 Å². The third-order valence-electron chi connectivity index (χ3n) is 1.62. The summed E-state index contributed by atoms with van der Waals surface area (Å²) >= 11 is 0. The summed E-state index contributed by atoms with van der Waals surface area (Å²) in [5.41, 5.74) is 1.41. The van der Waals surface area contributed by atoms with Crippen LogP contribution in [0.1, 0.15) is 24.8 Å². The van der Waals surface area contributed by atoms with Crippen molar-refractivity contribution in [1.29, 1.82) is 0 Å². The Morgan fingerprint density at radius 1 is 1.58 bits per heavy atom. The van der Waals surface area contributed by atoms with E-state index in [1.165, 1.54) is 0 Å². The molecule has 0 atom stereocenters. The molecule has 0 unspecified atom stereocenters. The van der Waals surface area contributed by atoms with Gasteiger partial charge < -0.3 is 9.84 Å². The van der Waals surface area contributed by atoms with Crippen LogP contribution in [0, 0.1) is 13.8 Å². The number of hydrogen-bond acceptors (Lipinski definition) is 3. The Hall–Kier alpha value is -1.32. The molecular formula is C8H12N2O2. The molecule has 4 heteroatoms. The van der Waals surface area contributed by atoms with E-state index in [-0.39, 0.29) is 5.91 Å². The van der Waals surface area contributed by atoms with E-state index < -0.39 is 0 Å². The maximum absolute atomic E-state index is 11.0.